The van der Waals surface area contributed by atoms with Gasteiger partial charge in [0.15, 0.2) is 0 Å². The number of carbonyl (C=O) groups excluding carboxylic acids is 2. The fourth-order valence-corrected chi connectivity index (χ4v) is 4.16. The highest BCUT2D eigenvalue weighted by molar-refractivity contribution is 7.55. The lowest BCUT2D eigenvalue weighted by Crippen LogP contribution is -2.53. The molecule has 10 heteroatoms. The molecule has 0 spiro atoms. The zero-order valence-corrected chi connectivity index (χ0v) is 17.9. The average molecular weight is 426 g/mol. The summed E-state index contributed by atoms with van der Waals surface area (Å²) in [5.74, 6) is -0.0377. The van der Waals surface area contributed by atoms with Gasteiger partial charge in [0.25, 0.3) is 7.52 Å². The van der Waals surface area contributed by atoms with Crippen LogP contribution in [0.3, 0.4) is 0 Å². The van der Waals surface area contributed by atoms with Gasteiger partial charge in [-0.25, -0.2) is 9.88 Å². The van der Waals surface area contributed by atoms with Crippen molar-refractivity contribution < 1.29 is 23.8 Å². The molecular formula is C19H31N4O5P. The fraction of sp³-hybridized carbons (Fsp3) is 0.579. The molecule has 9 nitrogen and oxygen atoms in total. The third-order valence-corrected chi connectivity index (χ3v) is 5.74. The van der Waals surface area contributed by atoms with Crippen LogP contribution in [0.25, 0.3) is 0 Å². The van der Waals surface area contributed by atoms with Gasteiger partial charge in [-0.3, -0.25) is 9.36 Å². The van der Waals surface area contributed by atoms with Crippen LogP contribution in [0, 0.1) is 5.92 Å². The first kappa shape index (κ1) is 23.3. The van der Waals surface area contributed by atoms with Crippen molar-refractivity contribution in [1.82, 2.24) is 20.6 Å². The summed E-state index contributed by atoms with van der Waals surface area (Å²) >= 11 is 0. The Kier molecular flexibility index (Phi) is 9.10. The molecule has 1 aromatic rings. The van der Waals surface area contributed by atoms with Crippen molar-refractivity contribution in [3.8, 4) is 0 Å². The van der Waals surface area contributed by atoms with Crippen LogP contribution >= 0.6 is 7.52 Å². The van der Waals surface area contributed by atoms with Crippen LogP contribution < -0.4 is 15.7 Å². The molecule has 1 aromatic carbocycles. The Balaban J connectivity index is 1.86. The molecule has 1 aliphatic rings. The van der Waals surface area contributed by atoms with Gasteiger partial charge < -0.3 is 25.2 Å². The Morgan fingerprint density at radius 3 is 2.52 bits per heavy atom. The highest BCUT2D eigenvalue weighted by Crippen LogP contribution is 2.35. The van der Waals surface area contributed by atoms with Crippen LogP contribution in [0.4, 0.5) is 4.79 Å². The molecule has 162 valence electrons. The van der Waals surface area contributed by atoms with E-state index in [1.165, 1.54) is 0 Å². The highest BCUT2D eigenvalue weighted by Gasteiger charge is 2.32. The number of nitrogens with zero attached hydrogens (tertiary/aromatic N) is 1. The second-order valence-corrected chi connectivity index (χ2v) is 9.46. The van der Waals surface area contributed by atoms with Crippen LogP contribution in [0.1, 0.15) is 25.8 Å². The molecule has 29 heavy (non-hydrogen) atoms. The standard InChI is InChI=1S/C19H31N4O5P/c1-15(2)12-17(18(24)23-10-8-20-9-11-23)22-29(26,27)14-21-19(25)28-13-16-6-4-3-5-7-16/h3-7,15,17,20H,8-14H2,1-2H3,(H,21,25)(H2,22,26,27)/t17-/m0/s1. The van der Waals surface area contributed by atoms with Crippen molar-refractivity contribution >= 4 is 19.5 Å². The molecular weight excluding hydrogens is 395 g/mol. The van der Waals surface area contributed by atoms with Gasteiger partial charge in [0.05, 0.1) is 6.04 Å². The maximum Gasteiger partial charge on any atom is 0.407 e. The monoisotopic (exact) mass is 426 g/mol. The minimum Gasteiger partial charge on any atom is -0.445 e. The van der Waals surface area contributed by atoms with E-state index in [9.17, 15) is 19.0 Å². The van der Waals surface area contributed by atoms with Gasteiger partial charge >= 0.3 is 6.09 Å². The van der Waals surface area contributed by atoms with Crippen LogP contribution in [0.5, 0.6) is 0 Å². The van der Waals surface area contributed by atoms with Crippen molar-refractivity contribution in [2.75, 3.05) is 32.5 Å². The Hall–Kier alpha value is -1.93. The summed E-state index contributed by atoms with van der Waals surface area (Å²) < 4.78 is 17.6. The molecule has 0 radical (unpaired) electrons. The van der Waals surface area contributed by atoms with Crippen LogP contribution in [-0.2, 0) is 20.7 Å². The first-order chi connectivity index (χ1) is 13.8. The summed E-state index contributed by atoms with van der Waals surface area (Å²) in [6, 6.07) is 8.34. The number of amides is 2. The molecule has 1 saturated heterocycles. The molecule has 0 aromatic heterocycles. The van der Waals surface area contributed by atoms with Crippen molar-refractivity contribution in [3.05, 3.63) is 35.9 Å². The number of rotatable bonds is 9. The predicted octanol–water partition coefficient (Wildman–Crippen LogP) is 1.49. The summed E-state index contributed by atoms with van der Waals surface area (Å²) in [6.07, 6.45) is -0.894. The number of nitrogens with one attached hydrogen (secondary N) is 3. The zero-order valence-electron chi connectivity index (χ0n) is 17.0. The second kappa shape index (κ2) is 11.3. The molecule has 1 aliphatic heterocycles. The summed E-state index contributed by atoms with van der Waals surface area (Å²) in [4.78, 5) is 36.6. The smallest absolute Gasteiger partial charge is 0.407 e. The third kappa shape index (κ3) is 8.53. The first-order valence-electron chi connectivity index (χ1n) is 9.80. The number of ether oxygens (including phenoxy) is 1. The predicted molar refractivity (Wildman–Crippen MR) is 110 cm³/mol. The summed E-state index contributed by atoms with van der Waals surface area (Å²) in [5.41, 5.74) is 0.812. The van der Waals surface area contributed by atoms with Gasteiger partial charge in [-0.05, 0) is 17.9 Å². The van der Waals surface area contributed by atoms with E-state index in [2.05, 4.69) is 15.7 Å². The van der Waals surface area contributed by atoms with E-state index in [4.69, 9.17) is 4.74 Å². The minimum atomic E-state index is -3.98. The van der Waals surface area contributed by atoms with Crippen LogP contribution in [-0.4, -0.2) is 60.3 Å². The van der Waals surface area contributed by atoms with Gasteiger partial charge in [0.1, 0.15) is 12.9 Å². The molecule has 0 aliphatic carbocycles. The Morgan fingerprint density at radius 1 is 1.24 bits per heavy atom. The molecule has 0 bridgehead atoms. The maximum absolute atomic E-state index is 12.8. The lowest BCUT2D eigenvalue weighted by molar-refractivity contribution is -0.134. The molecule has 4 N–H and O–H groups in total. The first-order valence-corrected chi connectivity index (χ1v) is 11.6. The molecule has 2 amide bonds. The molecule has 1 unspecified atom stereocenters. The Bertz CT molecular complexity index is 710. The van der Waals surface area contributed by atoms with E-state index < -0.39 is 25.9 Å². The number of hydrogen-bond acceptors (Lipinski definition) is 5. The summed E-state index contributed by atoms with van der Waals surface area (Å²) in [6.45, 7) is 6.48. The topological polar surface area (TPSA) is 120 Å². The highest BCUT2D eigenvalue weighted by atomic mass is 31.2. The zero-order chi connectivity index (χ0) is 21.3. The van der Waals surface area contributed by atoms with E-state index in [1.54, 1.807) is 4.90 Å². The second-order valence-electron chi connectivity index (χ2n) is 7.48. The normalized spacial score (nSPS) is 17.4. The molecule has 1 fully saturated rings. The van der Waals surface area contributed by atoms with Gasteiger partial charge in [-0.2, -0.15) is 0 Å². The van der Waals surface area contributed by atoms with E-state index >= 15 is 0 Å². The molecule has 1 heterocycles. The van der Waals surface area contributed by atoms with Gasteiger partial charge in [0.2, 0.25) is 5.91 Å². The average Bonchev–Trinajstić information content (AvgIpc) is 2.70. The van der Waals surface area contributed by atoms with Crippen LogP contribution in [0.15, 0.2) is 30.3 Å². The Morgan fingerprint density at radius 2 is 1.90 bits per heavy atom. The third-order valence-electron chi connectivity index (χ3n) is 4.44. The van der Waals surface area contributed by atoms with E-state index in [-0.39, 0.29) is 18.4 Å². The lowest BCUT2D eigenvalue weighted by Gasteiger charge is -2.32. The number of carbonyl (C=O) groups is 2. The van der Waals surface area contributed by atoms with E-state index in [1.807, 2.05) is 44.2 Å². The van der Waals surface area contributed by atoms with Crippen molar-refractivity contribution in [2.45, 2.75) is 32.9 Å². The van der Waals surface area contributed by atoms with Gasteiger partial charge in [-0.1, -0.05) is 44.2 Å². The summed E-state index contributed by atoms with van der Waals surface area (Å²) in [7, 11) is -3.98. The number of hydrogen-bond donors (Lipinski definition) is 4. The van der Waals surface area contributed by atoms with Crippen LogP contribution in [0.2, 0.25) is 0 Å². The summed E-state index contributed by atoms with van der Waals surface area (Å²) in [5, 5.41) is 8.05. The van der Waals surface area contributed by atoms with E-state index in [0.717, 1.165) is 5.56 Å². The van der Waals surface area contributed by atoms with E-state index in [0.29, 0.717) is 32.6 Å². The number of alkyl carbamates (subject to hydrolysis) is 1. The largest absolute Gasteiger partial charge is 0.445 e. The van der Waals surface area contributed by atoms with Crippen molar-refractivity contribution in [2.24, 2.45) is 5.92 Å². The number of piperazine rings is 1. The maximum atomic E-state index is 12.8. The van der Waals surface area contributed by atoms with Crippen molar-refractivity contribution in [3.63, 3.8) is 0 Å². The quantitative estimate of drug-likeness (QED) is 0.442. The van der Waals surface area contributed by atoms with Gasteiger partial charge in [-0.15, -0.1) is 0 Å². The minimum absolute atomic E-state index is 0.0628. The molecule has 0 saturated carbocycles. The fourth-order valence-electron chi connectivity index (χ4n) is 3.02. The SMILES string of the molecule is CC(C)C[C@H](NP(=O)(O)CNC(=O)OCc1ccccc1)C(=O)N1CCNCC1. The molecule has 2 atom stereocenters. The number of benzene rings is 1. The molecule has 2 rings (SSSR count). The lowest BCUT2D eigenvalue weighted by atomic mass is 10.0. The van der Waals surface area contributed by atoms with Crippen molar-refractivity contribution in [1.29, 1.82) is 0 Å². The van der Waals surface area contributed by atoms with Gasteiger partial charge in [0, 0.05) is 26.2 Å². The Labute approximate surface area is 171 Å².